The molecule has 0 aromatic heterocycles. The van der Waals surface area contributed by atoms with Gasteiger partial charge in [-0.3, -0.25) is 0 Å². The predicted molar refractivity (Wildman–Crippen MR) is 317 cm³/mol. The van der Waals surface area contributed by atoms with Crippen LogP contribution in [0, 0.1) is 0 Å². The molecule has 0 spiro atoms. The Morgan fingerprint density at radius 3 is 0.819 bits per heavy atom. The van der Waals surface area contributed by atoms with Gasteiger partial charge < -0.3 is 0 Å². The van der Waals surface area contributed by atoms with Crippen molar-refractivity contribution >= 4 is 91.2 Å². The van der Waals surface area contributed by atoms with Gasteiger partial charge in [0.1, 0.15) is 0 Å². The second-order valence-corrected chi connectivity index (χ2v) is 25.4. The minimum atomic E-state index is -0.826. The summed E-state index contributed by atoms with van der Waals surface area (Å²) in [5, 5.41) is 15.7. The molecule has 0 bridgehead atoms. The molecule has 0 heterocycles. The Hall–Kier alpha value is -5.86. The standard InChI is InChI=1S/2C33H27.C2H6Si.2ClH.Zr/c2*1-33(2,3)24-20-31-29(27-16-8-12-22-10-4-6-14-25(22)27)18-19-30(32(31)21-24)28-17-9-13-23-11-5-7-15-26(23)28;1-3-2;;;/h2*4-21H,1-3H3;1-2H3;2*1H;/q2*-1;;;;+4/p-2. The van der Waals surface area contributed by atoms with Crippen LogP contribution in [-0.4, -0.2) is 9.52 Å². The van der Waals surface area contributed by atoms with Gasteiger partial charge in [-0.1, -0.05) is 282 Å². The van der Waals surface area contributed by atoms with E-state index in [4.69, 9.17) is 17.0 Å². The Morgan fingerprint density at radius 1 is 0.319 bits per heavy atom. The van der Waals surface area contributed by atoms with Crippen LogP contribution in [0.25, 0.3) is 109 Å². The third kappa shape index (κ3) is 10.5. The van der Waals surface area contributed by atoms with E-state index in [1.54, 1.807) is 0 Å². The summed E-state index contributed by atoms with van der Waals surface area (Å²) in [6.45, 7) is 18.1. The first-order valence-electron chi connectivity index (χ1n) is 24.8. The van der Waals surface area contributed by atoms with E-state index in [0.29, 0.717) is 0 Å². The van der Waals surface area contributed by atoms with Gasteiger partial charge in [0.15, 0.2) is 0 Å². The average molecular weight is 1070 g/mol. The maximum absolute atomic E-state index is 4.93. The fraction of sp³-hybridized carbons (Fsp3) is 0.147. The van der Waals surface area contributed by atoms with Crippen molar-refractivity contribution in [3.8, 4) is 44.5 Å². The number of hydrogen-bond acceptors (Lipinski definition) is 0. The second kappa shape index (κ2) is 22.1. The summed E-state index contributed by atoms with van der Waals surface area (Å²) >= 11 is -0.826. The zero-order valence-corrected chi connectivity index (χ0v) is 47.5. The van der Waals surface area contributed by atoms with Crippen molar-refractivity contribution in [2.24, 2.45) is 0 Å². The molecule has 0 saturated carbocycles. The quantitative estimate of drug-likeness (QED) is 0.122. The van der Waals surface area contributed by atoms with E-state index in [1.165, 1.54) is 120 Å². The van der Waals surface area contributed by atoms with E-state index in [-0.39, 0.29) is 10.8 Å². The monoisotopic (exact) mass is 1060 g/mol. The first-order chi connectivity index (χ1) is 34.8. The molecule has 0 fully saturated rings. The summed E-state index contributed by atoms with van der Waals surface area (Å²) in [5.74, 6) is 0. The topological polar surface area (TPSA) is 0 Å². The third-order valence-corrected chi connectivity index (χ3v) is 13.8. The van der Waals surface area contributed by atoms with Gasteiger partial charge in [0.25, 0.3) is 0 Å². The first-order valence-corrected chi connectivity index (χ1v) is 33.1. The summed E-state index contributed by atoms with van der Waals surface area (Å²) in [7, 11) is 11.0. The summed E-state index contributed by atoms with van der Waals surface area (Å²) in [5.41, 5.74) is 13.4. The molecule has 12 aromatic rings. The Balaban J connectivity index is 0.000000161. The van der Waals surface area contributed by atoms with Crippen molar-refractivity contribution in [2.75, 3.05) is 0 Å². The SMILES string of the molecule is CC(C)(C)c1cc2c(-c3cccc4ccccc34)ccc(-c3cccc4ccccc34)c2[cH-]1.CC(C)(C)c1cc2c(-c3cccc4ccccc34)ccc(-c3cccc4ccccc34)c2[cH-]1.C[Si]C.[Cl][Zr+2][Cl]. The summed E-state index contributed by atoms with van der Waals surface area (Å²) in [4.78, 5) is 0. The number of fused-ring (bicyclic) bond motifs is 6. The van der Waals surface area contributed by atoms with Crippen LogP contribution in [0.4, 0.5) is 0 Å². The maximum atomic E-state index is 4.93. The van der Waals surface area contributed by atoms with Crippen LogP contribution in [0.3, 0.4) is 0 Å². The molecule has 2 radical (unpaired) electrons. The van der Waals surface area contributed by atoms with Crippen LogP contribution in [0.15, 0.2) is 218 Å². The van der Waals surface area contributed by atoms with Crippen molar-refractivity contribution in [3.05, 3.63) is 230 Å². The molecule has 354 valence electrons. The Labute approximate surface area is 447 Å². The Kier molecular flexibility index (Phi) is 15.7. The van der Waals surface area contributed by atoms with Crippen molar-refractivity contribution < 1.29 is 20.8 Å². The normalized spacial score (nSPS) is 11.5. The third-order valence-electron chi connectivity index (χ3n) is 13.8. The van der Waals surface area contributed by atoms with Crippen LogP contribution in [0.2, 0.25) is 13.1 Å². The number of benzene rings is 10. The minimum absolute atomic E-state index is 0.0884. The van der Waals surface area contributed by atoms with E-state index >= 15 is 0 Å². The summed E-state index contributed by atoms with van der Waals surface area (Å²) in [6, 6.07) is 80.3. The van der Waals surface area contributed by atoms with Crippen LogP contribution in [-0.2, 0) is 31.7 Å². The van der Waals surface area contributed by atoms with Gasteiger partial charge >= 0.3 is 37.9 Å². The fourth-order valence-electron chi connectivity index (χ4n) is 10.2. The molecule has 0 aliphatic rings. The molecule has 0 unspecified atom stereocenters. The van der Waals surface area contributed by atoms with Crippen LogP contribution in [0.1, 0.15) is 52.7 Å². The molecule has 12 rings (SSSR count). The molecule has 12 aromatic carbocycles. The number of halogens is 2. The van der Waals surface area contributed by atoms with E-state index in [1.807, 2.05) is 0 Å². The Morgan fingerprint density at radius 2 is 0.542 bits per heavy atom. The van der Waals surface area contributed by atoms with Crippen LogP contribution >= 0.6 is 17.0 Å². The molecule has 0 aliphatic carbocycles. The van der Waals surface area contributed by atoms with Crippen molar-refractivity contribution in [2.45, 2.75) is 65.5 Å². The molecule has 0 amide bonds. The van der Waals surface area contributed by atoms with E-state index in [0.717, 1.165) is 9.52 Å². The zero-order valence-electron chi connectivity index (χ0n) is 42.5. The molecular weight excluding hydrogens is 1010 g/mol. The molecule has 0 saturated heterocycles. The van der Waals surface area contributed by atoms with Gasteiger partial charge in [-0.25, -0.2) is 0 Å². The van der Waals surface area contributed by atoms with Crippen molar-refractivity contribution in [3.63, 3.8) is 0 Å². The summed E-state index contributed by atoms with van der Waals surface area (Å²) in [6.07, 6.45) is 0. The zero-order chi connectivity index (χ0) is 50.6. The molecule has 4 heteroatoms. The number of hydrogen-bond donors (Lipinski definition) is 0. The molecule has 0 atom stereocenters. The molecule has 0 N–H and O–H groups in total. The van der Waals surface area contributed by atoms with Gasteiger partial charge in [0.05, 0.1) is 0 Å². The van der Waals surface area contributed by atoms with Crippen molar-refractivity contribution in [1.29, 1.82) is 0 Å². The second-order valence-electron chi connectivity index (χ2n) is 20.6. The van der Waals surface area contributed by atoms with Crippen LogP contribution in [0.5, 0.6) is 0 Å². The van der Waals surface area contributed by atoms with Gasteiger partial charge in [-0.2, -0.15) is 12.1 Å². The van der Waals surface area contributed by atoms with Gasteiger partial charge in [-0.05, 0) is 65.0 Å². The Bertz CT molecular complexity index is 3330. The van der Waals surface area contributed by atoms with E-state index < -0.39 is 20.8 Å². The average Bonchev–Trinajstić information content (AvgIpc) is 4.06. The molecule has 0 nitrogen and oxygen atoms in total. The van der Waals surface area contributed by atoms with Gasteiger partial charge in [0.2, 0.25) is 0 Å². The van der Waals surface area contributed by atoms with Gasteiger partial charge in [-0.15, -0.1) is 44.8 Å². The van der Waals surface area contributed by atoms with E-state index in [2.05, 4.69) is 273 Å². The van der Waals surface area contributed by atoms with Gasteiger partial charge in [0, 0.05) is 9.52 Å². The predicted octanol–water partition coefficient (Wildman–Crippen LogP) is 21.2. The molecular formula is C68H60Cl2SiZr. The number of rotatable bonds is 4. The fourth-order valence-corrected chi connectivity index (χ4v) is 10.2. The van der Waals surface area contributed by atoms with Crippen molar-refractivity contribution in [1.82, 2.24) is 0 Å². The summed E-state index contributed by atoms with van der Waals surface area (Å²) < 4.78 is 0. The molecule has 72 heavy (non-hydrogen) atoms. The van der Waals surface area contributed by atoms with E-state index in [9.17, 15) is 0 Å². The molecule has 0 aliphatic heterocycles. The first kappa shape index (κ1) is 51.1. The van der Waals surface area contributed by atoms with Crippen LogP contribution < -0.4 is 0 Å².